The number of nitrogens with zero attached hydrogens (tertiary/aromatic N) is 1. The van der Waals surface area contributed by atoms with Crippen molar-refractivity contribution in [1.82, 2.24) is 10.2 Å². The van der Waals surface area contributed by atoms with Crippen molar-refractivity contribution in [2.45, 2.75) is 40.3 Å². The van der Waals surface area contributed by atoms with E-state index < -0.39 is 6.04 Å². The van der Waals surface area contributed by atoms with E-state index in [0.29, 0.717) is 27.9 Å². The molecule has 2 aromatic carbocycles. The highest BCUT2D eigenvalue weighted by atomic mass is 35.5. The first-order valence-corrected chi connectivity index (χ1v) is 10.2. The zero-order valence-corrected chi connectivity index (χ0v) is 18.6. The first-order valence-electron chi connectivity index (χ1n) is 9.44. The topological polar surface area (TPSA) is 58.6 Å². The Morgan fingerprint density at radius 2 is 1.86 bits per heavy atom. The van der Waals surface area contributed by atoms with Crippen LogP contribution in [-0.4, -0.2) is 35.9 Å². The second-order valence-corrected chi connectivity index (χ2v) is 7.73. The number of hydrogen-bond acceptors (Lipinski definition) is 3. The lowest BCUT2D eigenvalue weighted by molar-refractivity contribution is -0.142. The van der Waals surface area contributed by atoms with E-state index in [9.17, 15) is 9.59 Å². The van der Waals surface area contributed by atoms with Gasteiger partial charge < -0.3 is 15.0 Å². The number of carbonyl (C=O) groups excluding carboxylic acids is 2. The van der Waals surface area contributed by atoms with Crippen molar-refractivity contribution in [1.29, 1.82) is 0 Å². The SMILES string of the molecule is CCNC(=O)[C@@H](C)N(Cc1ccc(Cl)cc1Cl)C(=O)COc1ccc(C)cc1C. The van der Waals surface area contributed by atoms with Crippen molar-refractivity contribution in [2.24, 2.45) is 0 Å². The predicted molar refractivity (Wildman–Crippen MR) is 117 cm³/mol. The van der Waals surface area contributed by atoms with Crippen LogP contribution in [0.3, 0.4) is 0 Å². The molecule has 0 radical (unpaired) electrons. The number of likely N-dealkylation sites (N-methyl/N-ethyl adjacent to an activating group) is 1. The van der Waals surface area contributed by atoms with E-state index in [1.165, 1.54) is 4.90 Å². The highest BCUT2D eigenvalue weighted by Gasteiger charge is 2.27. The third-order valence-corrected chi connectivity index (χ3v) is 5.14. The number of aryl methyl sites for hydroxylation is 2. The average Bonchev–Trinajstić information content (AvgIpc) is 2.66. The standard InChI is InChI=1S/C22H26Cl2N2O3/c1-5-25-22(28)16(4)26(12-17-7-8-18(23)11-19(17)24)21(27)13-29-20-9-6-14(2)10-15(20)3/h6-11,16H,5,12-13H2,1-4H3,(H,25,28)/t16-/m1/s1. The van der Waals surface area contributed by atoms with Gasteiger partial charge in [-0.1, -0.05) is 47.0 Å². The van der Waals surface area contributed by atoms with E-state index in [1.807, 2.05) is 39.0 Å². The van der Waals surface area contributed by atoms with Gasteiger partial charge in [-0.05, 0) is 57.0 Å². The quantitative estimate of drug-likeness (QED) is 0.660. The molecule has 0 aliphatic heterocycles. The van der Waals surface area contributed by atoms with Crippen LogP contribution in [0.5, 0.6) is 5.75 Å². The van der Waals surface area contributed by atoms with Crippen LogP contribution in [0.4, 0.5) is 0 Å². The third-order valence-electron chi connectivity index (χ3n) is 4.56. The fourth-order valence-corrected chi connectivity index (χ4v) is 3.39. The first-order chi connectivity index (χ1) is 13.7. The minimum atomic E-state index is -0.683. The van der Waals surface area contributed by atoms with Crippen LogP contribution in [0.25, 0.3) is 0 Å². The molecule has 0 aromatic heterocycles. The van der Waals surface area contributed by atoms with Crippen molar-refractivity contribution in [2.75, 3.05) is 13.2 Å². The lowest BCUT2D eigenvalue weighted by Crippen LogP contribution is -2.49. The monoisotopic (exact) mass is 436 g/mol. The molecule has 1 atom stereocenters. The zero-order valence-electron chi connectivity index (χ0n) is 17.1. The summed E-state index contributed by atoms with van der Waals surface area (Å²) in [5.41, 5.74) is 2.76. The van der Waals surface area contributed by atoms with Gasteiger partial charge >= 0.3 is 0 Å². The van der Waals surface area contributed by atoms with Crippen LogP contribution < -0.4 is 10.1 Å². The summed E-state index contributed by atoms with van der Waals surface area (Å²) >= 11 is 12.2. The van der Waals surface area contributed by atoms with Gasteiger partial charge in [-0.3, -0.25) is 9.59 Å². The van der Waals surface area contributed by atoms with E-state index in [4.69, 9.17) is 27.9 Å². The summed E-state index contributed by atoms with van der Waals surface area (Å²) < 4.78 is 5.73. The molecule has 0 fully saturated rings. The molecule has 0 saturated heterocycles. The molecule has 0 spiro atoms. The maximum Gasteiger partial charge on any atom is 0.261 e. The number of carbonyl (C=O) groups is 2. The number of hydrogen-bond donors (Lipinski definition) is 1. The molecule has 0 unspecified atom stereocenters. The van der Waals surface area contributed by atoms with E-state index in [0.717, 1.165) is 11.1 Å². The fraction of sp³-hybridized carbons (Fsp3) is 0.364. The molecule has 0 aliphatic carbocycles. The lowest BCUT2D eigenvalue weighted by Gasteiger charge is -2.29. The number of halogens is 2. The lowest BCUT2D eigenvalue weighted by atomic mass is 10.1. The molecule has 29 heavy (non-hydrogen) atoms. The summed E-state index contributed by atoms with van der Waals surface area (Å²) in [7, 11) is 0. The molecule has 2 aromatic rings. The van der Waals surface area contributed by atoms with Crippen molar-refractivity contribution in [3.8, 4) is 5.75 Å². The first kappa shape index (κ1) is 23.0. The predicted octanol–water partition coefficient (Wildman–Crippen LogP) is 4.54. The Morgan fingerprint density at radius 1 is 1.14 bits per heavy atom. The molecule has 1 N–H and O–H groups in total. The third kappa shape index (κ3) is 6.38. The summed E-state index contributed by atoms with van der Waals surface area (Å²) in [5.74, 6) is 0.0892. The van der Waals surface area contributed by atoms with E-state index in [-0.39, 0.29) is 25.0 Å². The van der Waals surface area contributed by atoms with E-state index >= 15 is 0 Å². The smallest absolute Gasteiger partial charge is 0.261 e. The number of amides is 2. The van der Waals surface area contributed by atoms with Crippen molar-refractivity contribution >= 4 is 35.0 Å². The number of benzene rings is 2. The van der Waals surface area contributed by atoms with Crippen LogP contribution >= 0.6 is 23.2 Å². The summed E-state index contributed by atoms with van der Waals surface area (Å²) in [4.78, 5) is 26.8. The summed E-state index contributed by atoms with van der Waals surface area (Å²) in [5, 5.41) is 3.70. The molecule has 0 bridgehead atoms. The zero-order chi connectivity index (χ0) is 21.6. The van der Waals surface area contributed by atoms with Gasteiger partial charge in [0.25, 0.3) is 5.91 Å². The Balaban J connectivity index is 2.20. The Morgan fingerprint density at radius 3 is 2.48 bits per heavy atom. The van der Waals surface area contributed by atoms with Gasteiger partial charge in [0.05, 0.1) is 0 Å². The van der Waals surface area contributed by atoms with Crippen LogP contribution in [0.2, 0.25) is 10.0 Å². The van der Waals surface area contributed by atoms with Crippen molar-refractivity contribution in [3.05, 3.63) is 63.1 Å². The maximum absolute atomic E-state index is 13.0. The highest BCUT2D eigenvalue weighted by Crippen LogP contribution is 2.24. The molecule has 2 rings (SSSR count). The van der Waals surface area contributed by atoms with Crippen LogP contribution in [0.15, 0.2) is 36.4 Å². The van der Waals surface area contributed by atoms with Crippen LogP contribution in [0, 0.1) is 13.8 Å². The van der Waals surface area contributed by atoms with E-state index in [1.54, 1.807) is 25.1 Å². The Bertz CT molecular complexity index is 886. The Kier molecular flexibility index (Phi) is 8.35. The van der Waals surface area contributed by atoms with Gasteiger partial charge in [0, 0.05) is 23.1 Å². The van der Waals surface area contributed by atoms with Crippen molar-refractivity contribution in [3.63, 3.8) is 0 Å². The largest absolute Gasteiger partial charge is 0.483 e. The summed E-state index contributed by atoms with van der Waals surface area (Å²) in [6.45, 7) is 7.90. The van der Waals surface area contributed by atoms with Crippen molar-refractivity contribution < 1.29 is 14.3 Å². The second-order valence-electron chi connectivity index (χ2n) is 6.89. The molecule has 7 heteroatoms. The normalized spacial score (nSPS) is 11.7. The molecule has 0 heterocycles. The van der Waals surface area contributed by atoms with E-state index in [2.05, 4.69) is 5.32 Å². The molecular formula is C22H26Cl2N2O3. The minimum absolute atomic E-state index is 0.170. The van der Waals surface area contributed by atoms with Crippen LogP contribution in [-0.2, 0) is 16.1 Å². The average molecular weight is 437 g/mol. The number of rotatable bonds is 8. The summed E-state index contributed by atoms with van der Waals surface area (Å²) in [6.07, 6.45) is 0. The Hall–Kier alpha value is -2.24. The summed E-state index contributed by atoms with van der Waals surface area (Å²) in [6, 6.07) is 10.1. The molecule has 0 aliphatic rings. The van der Waals surface area contributed by atoms with Gasteiger partial charge in [0.15, 0.2) is 6.61 Å². The number of ether oxygens (including phenoxy) is 1. The molecular weight excluding hydrogens is 411 g/mol. The Labute approximate surface area is 181 Å². The van der Waals surface area contributed by atoms with Gasteiger partial charge in [0.1, 0.15) is 11.8 Å². The van der Waals surface area contributed by atoms with Gasteiger partial charge in [-0.2, -0.15) is 0 Å². The van der Waals surface area contributed by atoms with Gasteiger partial charge in [0.2, 0.25) is 5.91 Å². The molecule has 0 saturated carbocycles. The molecule has 156 valence electrons. The van der Waals surface area contributed by atoms with Crippen LogP contribution in [0.1, 0.15) is 30.5 Å². The number of nitrogens with one attached hydrogen (secondary N) is 1. The fourth-order valence-electron chi connectivity index (χ4n) is 2.92. The minimum Gasteiger partial charge on any atom is -0.483 e. The molecule has 5 nitrogen and oxygen atoms in total. The highest BCUT2D eigenvalue weighted by molar-refractivity contribution is 6.35. The van der Waals surface area contributed by atoms with Gasteiger partial charge in [-0.15, -0.1) is 0 Å². The van der Waals surface area contributed by atoms with Gasteiger partial charge in [-0.25, -0.2) is 0 Å². The second kappa shape index (κ2) is 10.5. The molecule has 2 amide bonds. The maximum atomic E-state index is 13.0.